The molecule has 0 aliphatic heterocycles. The molecule has 0 fully saturated rings. The number of nitrogens with two attached hydrogens (primary N) is 1. The lowest BCUT2D eigenvalue weighted by Gasteiger charge is -2.06. The highest BCUT2D eigenvalue weighted by atomic mass is 32.2. The van der Waals surface area contributed by atoms with Crippen LogP contribution >= 0.6 is 0 Å². The van der Waals surface area contributed by atoms with Gasteiger partial charge in [0.15, 0.2) is 17.5 Å². The van der Waals surface area contributed by atoms with Crippen LogP contribution in [0, 0.1) is 17.5 Å². The lowest BCUT2D eigenvalue weighted by Crippen LogP contribution is -2.18. The molecule has 130 valence electrons. The highest BCUT2D eigenvalue weighted by Gasteiger charge is 2.15. The van der Waals surface area contributed by atoms with Crippen molar-refractivity contribution in [2.75, 3.05) is 0 Å². The van der Waals surface area contributed by atoms with E-state index in [0.717, 1.165) is 6.07 Å². The smallest absolute Gasteiger partial charge is 0.380 e. The van der Waals surface area contributed by atoms with Gasteiger partial charge in [0, 0.05) is 11.5 Å². The predicted octanol–water partition coefficient (Wildman–Crippen LogP) is 2.46. The van der Waals surface area contributed by atoms with Crippen LogP contribution < -0.4 is 14.9 Å². The van der Waals surface area contributed by atoms with Crippen molar-refractivity contribution in [3.05, 3.63) is 64.3 Å². The fourth-order valence-electron chi connectivity index (χ4n) is 2.19. The first kappa shape index (κ1) is 17.0. The summed E-state index contributed by atoms with van der Waals surface area (Å²) >= 11 is 0. The molecule has 0 saturated carbocycles. The van der Waals surface area contributed by atoms with Crippen LogP contribution in [0.25, 0.3) is 22.1 Å². The van der Waals surface area contributed by atoms with Crippen LogP contribution in [0.2, 0.25) is 0 Å². The summed E-state index contributed by atoms with van der Waals surface area (Å²) in [5.41, 5.74) is -1.43. The van der Waals surface area contributed by atoms with Gasteiger partial charge in [-0.05, 0) is 35.9 Å². The molecule has 0 amide bonds. The first-order valence-electron chi connectivity index (χ1n) is 6.59. The molecule has 1 aromatic heterocycles. The molecule has 0 unspecified atom stereocenters. The van der Waals surface area contributed by atoms with E-state index in [1.807, 2.05) is 0 Å². The number of hydrogen-bond donors (Lipinski definition) is 1. The summed E-state index contributed by atoms with van der Waals surface area (Å²) in [5, 5.41) is 5.05. The molecule has 0 radical (unpaired) electrons. The molecule has 10 heteroatoms. The van der Waals surface area contributed by atoms with Crippen LogP contribution in [-0.4, -0.2) is 8.42 Å². The summed E-state index contributed by atoms with van der Waals surface area (Å²) < 4.78 is 71.0. The third-order valence-corrected chi connectivity index (χ3v) is 3.64. The second kappa shape index (κ2) is 5.90. The maximum atomic E-state index is 13.3. The van der Waals surface area contributed by atoms with Crippen molar-refractivity contribution in [1.29, 1.82) is 0 Å². The predicted molar refractivity (Wildman–Crippen MR) is 81.5 cm³/mol. The Kier molecular flexibility index (Phi) is 4.01. The minimum Gasteiger partial charge on any atom is -0.422 e. The molecule has 25 heavy (non-hydrogen) atoms. The second-order valence-electron chi connectivity index (χ2n) is 4.98. The lowest BCUT2D eigenvalue weighted by molar-refractivity contribution is 0.447. The molecule has 0 saturated heterocycles. The zero-order valence-corrected chi connectivity index (χ0v) is 12.9. The number of fused-ring (bicyclic) bond motifs is 1. The SMILES string of the molecule is NS(=O)(=O)Oc1ccc2cc(-c3cc(F)c(F)c(F)c3)c(=O)oc2c1. The molecule has 0 aliphatic carbocycles. The fraction of sp³-hybridized carbons (Fsp3) is 0. The van der Waals surface area contributed by atoms with E-state index >= 15 is 0 Å². The van der Waals surface area contributed by atoms with E-state index in [1.54, 1.807) is 0 Å². The third kappa shape index (κ3) is 3.49. The van der Waals surface area contributed by atoms with E-state index < -0.39 is 33.4 Å². The molecule has 2 N–H and O–H groups in total. The third-order valence-electron chi connectivity index (χ3n) is 3.21. The Morgan fingerprint density at radius 2 is 1.64 bits per heavy atom. The lowest BCUT2D eigenvalue weighted by atomic mass is 10.1. The van der Waals surface area contributed by atoms with Gasteiger partial charge in [-0.3, -0.25) is 0 Å². The van der Waals surface area contributed by atoms with Crippen molar-refractivity contribution in [3.8, 4) is 16.9 Å². The molecule has 6 nitrogen and oxygen atoms in total. The maximum Gasteiger partial charge on any atom is 0.380 e. The summed E-state index contributed by atoms with van der Waals surface area (Å²) in [5.74, 6) is -4.75. The quantitative estimate of drug-likeness (QED) is 0.563. The normalized spacial score (nSPS) is 11.7. The highest BCUT2D eigenvalue weighted by molar-refractivity contribution is 7.84. The van der Waals surface area contributed by atoms with Gasteiger partial charge in [-0.1, -0.05) is 0 Å². The molecule has 0 spiro atoms. The summed E-state index contributed by atoms with van der Waals surface area (Å²) in [6.07, 6.45) is 0. The Morgan fingerprint density at radius 1 is 1.00 bits per heavy atom. The Morgan fingerprint density at radius 3 is 2.24 bits per heavy atom. The average Bonchev–Trinajstić information content (AvgIpc) is 2.49. The van der Waals surface area contributed by atoms with Crippen molar-refractivity contribution in [3.63, 3.8) is 0 Å². The number of rotatable bonds is 3. The van der Waals surface area contributed by atoms with E-state index in [0.29, 0.717) is 17.5 Å². The van der Waals surface area contributed by atoms with Gasteiger partial charge < -0.3 is 8.60 Å². The summed E-state index contributed by atoms with van der Waals surface area (Å²) in [6.45, 7) is 0. The molecule has 0 bridgehead atoms. The summed E-state index contributed by atoms with van der Waals surface area (Å²) in [4.78, 5) is 12.0. The van der Waals surface area contributed by atoms with Gasteiger partial charge in [0.2, 0.25) is 0 Å². The molecular weight excluding hydrogens is 363 g/mol. The van der Waals surface area contributed by atoms with Crippen LogP contribution in [0.3, 0.4) is 0 Å². The van der Waals surface area contributed by atoms with Gasteiger partial charge in [-0.2, -0.15) is 13.6 Å². The van der Waals surface area contributed by atoms with Crippen LogP contribution in [-0.2, 0) is 10.3 Å². The molecule has 0 atom stereocenters. The molecular formula is C15H8F3NO5S. The molecule has 0 aliphatic rings. The van der Waals surface area contributed by atoms with Crippen molar-refractivity contribution in [2.24, 2.45) is 5.14 Å². The van der Waals surface area contributed by atoms with Crippen LogP contribution in [0.1, 0.15) is 0 Å². The number of halogens is 3. The topological polar surface area (TPSA) is 99.6 Å². The highest BCUT2D eigenvalue weighted by Crippen LogP contribution is 2.26. The van der Waals surface area contributed by atoms with Crippen LogP contribution in [0.15, 0.2) is 45.6 Å². The largest absolute Gasteiger partial charge is 0.422 e. The summed E-state index contributed by atoms with van der Waals surface area (Å²) in [6, 6.07) is 6.27. The van der Waals surface area contributed by atoms with Gasteiger partial charge in [-0.25, -0.2) is 18.0 Å². The van der Waals surface area contributed by atoms with Gasteiger partial charge in [0.25, 0.3) is 0 Å². The average molecular weight is 371 g/mol. The first-order chi connectivity index (χ1) is 11.6. The van der Waals surface area contributed by atoms with Crippen molar-refractivity contribution < 1.29 is 30.2 Å². The van der Waals surface area contributed by atoms with Gasteiger partial charge in [0.05, 0.1) is 5.56 Å². The molecule has 1 heterocycles. The number of benzene rings is 2. The minimum atomic E-state index is -4.26. The minimum absolute atomic E-state index is 0.0436. The van der Waals surface area contributed by atoms with Gasteiger partial charge >= 0.3 is 15.9 Å². The van der Waals surface area contributed by atoms with E-state index in [1.165, 1.54) is 18.2 Å². The molecule has 3 aromatic rings. The van der Waals surface area contributed by atoms with E-state index in [9.17, 15) is 26.4 Å². The monoisotopic (exact) mass is 371 g/mol. The summed E-state index contributed by atoms with van der Waals surface area (Å²) in [7, 11) is -4.26. The fourth-order valence-corrected chi connectivity index (χ4v) is 2.56. The second-order valence-corrected chi connectivity index (χ2v) is 6.13. The Hall–Kier alpha value is -2.85. The zero-order chi connectivity index (χ0) is 18.4. The number of hydrogen-bond acceptors (Lipinski definition) is 5. The van der Waals surface area contributed by atoms with Crippen LogP contribution in [0.5, 0.6) is 5.75 Å². The van der Waals surface area contributed by atoms with Crippen molar-refractivity contribution in [1.82, 2.24) is 0 Å². The maximum absolute atomic E-state index is 13.3. The van der Waals surface area contributed by atoms with Crippen molar-refractivity contribution >= 4 is 21.3 Å². The van der Waals surface area contributed by atoms with E-state index in [2.05, 4.69) is 4.18 Å². The standard InChI is InChI=1S/C15H8F3NO5S/c16-11-4-8(5-12(17)14(11)18)10-3-7-1-2-9(24-25(19,21)22)6-13(7)23-15(10)20/h1-6H,(H2,19,21,22). The van der Waals surface area contributed by atoms with Crippen molar-refractivity contribution in [2.45, 2.75) is 0 Å². The Balaban J connectivity index is 2.15. The van der Waals surface area contributed by atoms with Gasteiger partial charge in [-0.15, -0.1) is 0 Å². The van der Waals surface area contributed by atoms with Crippen LogP contribution in [0.4, 0.5) is 13.2 Å². The Bertz CT molecular complexity index is 1130. The first-order valence-corrected chi connectivity index (χ1v) is 8.06. The Labute approximate surface area is 138 Å². The zero-order valence-electron chi connectivity index (χ0n) is 12.1. The molecule has 2 aromatic carbocycles. The van der Waals surface area contributed by atoms with Gasteiger partial charge in [0.1, 0.15) is 11.3 Å². The molecule has 3 rings (SSSR count). The van der Waals surface area contributed by atoms with E-state index in [4.69, 9.17) is 9.56 Å². The van der Waals surface area contributed by atoms with E-state index in [-0.39, 0.29) is 22.5 Å².